The molecule has 48 heavy (non-hydrogen) atoms. The van der Waals surface area contributed by atoms with Crippen LogP contribution in [0.25, 0.3) is 98.4 Å². The lowest BCUT2D eigenvalue weighted by Gasteiger charge is -2.10. The minimum atomic E-state index is 0.593. The zero-order valence-electron chi connectivity index (χ0n) is 25.5. The number of hydrogen-bond donors (Lipinski definition) is 0. The van der Waals surface area contributed by atoms with Gasteiger partial charge in [-0.15, -0.1) is 11.3 Å². The largest absolute Gasteiger partial charge is 0.456 e. The van der Waals surface area contributed by atoms with E-state index in [-0.39, 0.29) is 0 Å². The van der Waals surface area contributed by atoms with Gasteiger partial charge in [-0.3, -0.25) is 0 Å². The van der Waals surface area contributed by atoms with E-state index in [9.17, 15) is 0 Å². The van der Waals surface area contributed by atoms with Crippen molar-refractivity contribution in [1.82, 2.24) is 19.9 Å². The van der Waals surface area contributed by atoms with E-state index in [0.29, 0.717) is 17.5 Å². The van der Waals surface area contributed by atoms with Gasteiger partial charge in [0, 0.05) is 39.1 Å². The second kappa shape index (κ2) is 10.7. The molecule has 0 saturated heterocycles. The molecule has 0 aliphatic carbocycles. The Kier molecular flexibility index (Phi) is 5.98. The summed E-state index contributed by atoms with van der Waals surface area (Å²) in [6, 6.07) is 50.0. The van der Waals surface area contributed by atoms with Gasteiger partial charge in [-0.05, 0) is 45.8 Å². The van der Waals surface area contributed by atoms with E-state index in [2.05, 4.69) is 103 Å². The van der Waals surface area contributed by atoms with E-state index in [4.69, 9.17) is 24.4 Å². The second-order valence-corrected chi connectivity index (χ2v) is 12.9. The van der Waals surface area contributed by atoms with Gasteiger partial charge in [-0.1, -0.05) is 115 Å². The molecular weight excluding hydrogens is 609 g/mol. The third kappa shape index (κ3) is 4.46. The fourth-order valence-electron chi connectivity index (χ4n) is 6.55. The average Bonchev–Trinajstić information content (AvgIpc) is 3.74. The lowest BCUT2D eigenvalue weighted by atomic mass is 10.0. The van der Waals surface area contributed by atoms with E-state index in [1.165, 1.54) is 16.2 Å². The number of furan rings is 1. The standard InChI is InChI=1S/C42H24N4OS/c1-2-11-27(12-3-1)39-44-40(30-19-17-25-9-4-6-13-28(25)21-30)46-41(45-39)32-15-8-16-35-38(32)33-23-34-37(24-36(33)47-35)48-42(43-34)31-20-18-26-10-5-7-14-29(26)22-31/h1-24H. The van der Waals surface area contributed by atoms with Gasteiger partial charge in [0.1, 0.15) is 16.2 Å². The highest BCUT2D eigenvalue weighted by atomic mass is 32.1. The van der Waals surface area contributed by atoms with Crippen LogP contribution in [0.5, 0.6) is 0 Å². The molecule has 0 aliphatic heterocycles. The summed E-state index contributed by atoms with van der Waals surface area (Å²) < 4.78 is 7.56. The zero-order valence-corrected chi connectivity index (χ0v) is 26.3. The van der Waals surface area contributed by atoms with Gasteiger partial charge in [0.15, 0.2) is 17.5 Å². The smallest absolute Gasteiger partial charge is 0.164 e. The number of rotatable bonds is 4. The predicted molar refractivity (Wildman–Crippen MR) is 197 cm³/mol. The molecule has 0 saturated carbocycles. The number of fused-ring (bicyclic) bond motifs is 6. The molecule has 0 atom stereocenters. The van der Waals surface area contributed by atoms with E-state index in [0.717, 1.165) is 64.8 Å². The molecular formula is C42H24N4OS. The van der Waals surface area contributed by atoms with Crippen LogP contribution in [-0.4, -0.2) is 19.9 Å². The average molecular weight is 633 g/mol. The van der Waals surface area contributed by atoms with Crippen LogP contribution in [0.3, 0.4) is 0 Å². The summed E-state index contributed by atoms with van der Waals surface area (Å²) in [4.78, 5) is 20.2. The molecule has 0 unspecified atom stereocenters. The molecule has 224 valence electrons. The van der Waals surface area contributed by atoms with Crippen LogP contribution in [0, 0.1) is 0 Å². The van der Waals surface area contributed by atoms with Crippen LogP contribution < -0.4 is 0 Å². The normalized spacial score (nSPS) is 11.8. The van der Waals surface area contributed by atoms with Crippen molar-refractivity contribution in [3.05, 3.63) is 146 Å². The highest BCUT2D eigenvalue weighted by Crippen LogP contribution is 2.40. The Morgan fingerprint density at radius 2 is 1.08 bits per heavy atom. The van der Waals surface area contributed by atoms with Crippen LogP contribution in [-0.2, 0) is 0 Å². The van der Waals surface area contributed by atoms with Crippen molar-refractivity contribution in [2.75, 3.05) is 0 Å². The summed E-state index contributed by atoms with van der Waals surface area (Å²) in [5.41, 5.74) is 6.39. The molecule has 0 amide bonds. The highest BCUT2D eigenvalue weighted by molar-refractivity contribution is 7.21. The van der Waals surface area contributed by atoms with Crippen molar-refractivity contribution in [3.63, 3.8) is 0 Å². The van der Waals surface area contributed by atoms with Crippen molar-refractivity contribution in [1.29, 1.82) is 0 Å². The van der Waals surface area contributed by atoms with Gasteiger partial charge < -0.3 is 4.42 Å². The molecule has 0 spiro atoms. The Hall–Kier alpha value is -6.24. The Bertz CT molecular complexity index is 2860. The maximum Gasteiger partial charge on any atom is 0.164 e. The lowest BCUT2D eigenvalue weighted by molar-refractivity contribution is 0.669. The first-order valence-electron chi connectivity index (χ1n) is 15.8. The minimum absolute atomic E-state index is 0.593. The molecule has 0 bridgehead atoms. The maximum absolute atomic E-state index is 6.48. The number of benzene rings is 7. The first kappa shape index (κ1) is 26.9. The third-order valence-electron chi connectivity index (χ3n) is 8.92. The van der Waals surface area contributed by atoms with Crippen LogP contribution >= 0.6 is 11.3 Å². The second-order valence-electron chi connectivity index (χ2n) is 11.9. The Morgan fingerprint density at radius 3 is 1.85 bits per heavy atom. The first-order valence-corrected chi connectivity index (χ1v) is 16.6. The zero-order chi connectivity index (χ0) is 31.6. The Labute approximate surface area is 278 Å². The number of thiazole rings is 1. The van der Waals surface area contributed by atoms with Crippen LogP contribution in [0.1, 0.15) is 0 Å². The number of aromatic nitrogens is 4. The monoisotopic (exact) mass is 632 g/mol. The fourth-order valence-corrected chi connectivity index (χ4v) is 7.52. The summed E-state index contributed by atoms with van der Waals surface area (Å²) in [6.45, 7) is 0. The van der Waals surface area contributed by atoms with Crippen molar-refractivity contribution in [2.24, 2.45) is 0 Å². The number of nitrogens with zero attached hydrogens (tertiary/aromatic N) is 4. The summed E-state index contributed by atoms with van der Waals surface area (Å²) >= 11 is 1.68. The maximum atomic E-state index is 6.48. The fraction of sp³-hybridized carbons (Fsp3) is 0. The van der Waals surface area contributed by atoms with Gasteiger partial charge in [-0.25, -0.2) is 19.9 Å². The van der Waals surface area contributed by atoms with Gasteiger partial charge >= 0.3 is 0 Å². The summed E-state index contributed by atoms with van der Waals surface area (Å²) in [5, 5.41) is 7.66. The molecule has 0 radical (unpaired) electrons. The van der Waals surface area contributed by atoms with Crippen LogP contribution in [0.15, 0.2) is 150 Å². The molecule has 10 rings (SSSR count). The molecule has 0 aliphatic rings. The summed E-state index contributed by atoms with van der Waals surface area (Å²) in [6.07, 6.45) is 0. The van der Waals surface area contributed by atoms with E-state index in [1.54, 1.807) is 11.3 Å². The van der Waals surface area contributed by atoms with Gasteiger partial charge in [0.25, 0.3) is 0 Å². The minimum Gasteiger partial charge on any atom is -0.456 e. The quantitative estimate of drug-likeness (QED) is 0.193. The van der Waals surface area contributed by atoms with Crippen molar-refractivity contribution >= 4 is 65.0 Å². The molecule has 3 aromatic heterocycles. The topological polar surface area (TPSA) is 64.7 Å². The molecule has 6 heteroatoms. The van der Waals surface area contributed by atoms with Gasteiger partial charge in [0.2, 0.25) is 0 Å². The SMILES string of the molecule is c1ccc(-c2nc(-c3ccc4ccccc4c3)nc(-c3cccc4oc5cc6sc(-c7ccc8ccccc8c7)nc6cc5c34)n2)cc1. The molecule has 5 nitrogen and oxygen atoms in total. The van der Waals surface area contributed by atoms with Gasteiger partial charge in [-0.2, -0.15) is 0 Å². The predicted octanol–water partition coefficient (Wildman–Crippen LogP) is 11.4. The summed E-state index contributed by atoms with van der Waals surface area (Å²) in [5.74, 6) is 1.84. The Morgan fingerprint density at radius 1 is 0.438 bits per heavy atom. The van der Waals surface area contributed by atoms with E-state index >= 15 is 0 Å². The molecule has 7 aromatic carbocycles. The number of hydrogen-bond acceptors (Lipinski definition) is 6. The lowest BCUT2D eigenvalue weighted by Crippen LogP contribution is -2.00. The third-order valence-corrected chi connectivity index (χ3v) is 9.98. The van der Waals surface area contributed by atoms with Crippen LogP contribution in [0.2, 0.25) is 0 Å². The molecule has 0 N–H and O–H groups in total. The highest BCUT2D eigenvalue weighted by Gasteiger charge is 2.19. The summed E-state index contributed by atoms with van der Waals surface area (Å²) in [7, 11) is 0. The van der Waals surface area contributed by atoms with E-state index in [1.807, 2.05) is 42.5 Å². The Balaban J connectivity index is 1.16. The van der Waals surface area contributed by atoms with Crippen molar-refractivity contribution in [2.45, 2.75) is 0 Å². The molecule has 3 heterocycles. The van der Waals surface area contributed by atoms with Crippen molar-refractivity contribution < 1.29 is 4.42 Å². The van der Waals surface area contributed by atoms with Gasteiger partial charge in [0.05, 0.1) is 10.2 Å². The van der Waals surface area contributed by atoms with E-state index < -0.39 is 0 Å². The first-order chi connectivity index (χ1) is 23.7. The van der Waals surface area contributed by atoms with Crippen LogP contribution in [0.4, 0.5) is 0 Å². The molecule has 0 fully saturated rings. The van der Waals surface area contributed by atoms with Crippen molar-refractivity contribution in [3.8, 4) is 44.7 Å². The molecule has 10 aromatic rings.